The minimum Gasteiger partial charge on any atom is -0.356 e. The van der Waals surface area contributed by atoms with E-state index in [9.17, 15) is 4.79 Å². The van der Waals surface area contributed by atoms with Gasteiger partial charge in [-0.05, 0) is 44.0 Å². The van der Waals surface area contributed by atoms with Crippen LogP contribution in [-0.2, 0) is 11.2 Å². The van der Waals surface area contributed by atoms with E-state index in [0.29, 0.717) is 5.69 Å². The highest BCUT2D eigenvalue weighted by Crippen LogP contribution is 2.22. The van der Waals surface area contributed by atoms with Crippen molar-refractivity contribution in [3.05, 3.63) is 58.8 Å². The lowest BCUT2D eigenvalue weighted by molar-refractivity contribution is -0.115. The maximum absolute atomic E-state index is 12.3. The number of aryl methyl sites for hydroxylation is 3. The second-order valence-electron chi connectivity index (χ2n) is 5.62. The topological polar surface area (TPSA) is 55.1 Å². The highest BCUT2D eigenvalue weighted by Gasteiger charge is 2.14. The normalized spacial score (nSPS) is 10.9. The molecule has 0 atom stereocenters. The van der Waals surface area contributed by atoms with Gasteiger partial charge in [0.1, 0.15) is 5.69 Å². The maximum Gasteiger partial charge on any atom is 0.230 e. The molecule has 3 aromatic rings. The van der Waals surface area contributed by atoms with E-state index in [-0.39, 0.29) is 12.3 Å². The lowest BCUT2D eigenvalue weighted by Crippen LogP contribution is -2.15. The Labute approximate surface area is 129 Å². The zero-order valence-corrected chi connectivity index (χ0v) is 12.9. The number of para-hydroxylation sites is 1. The molecule has 0 saturated heterocycles. The SMILES string of the molecule is Cc1ccc(NC(=O)Cc2noc3c(C)cccc23)c(C)c1. The fourth-order valence-electron chi connectivity index (χ4n) is 2.58. The Hall–Kier alpha value is -2.62. The molecule has 0 aliphatic heterocycles. The first-order chi connectivity index (χ1) is 10.5. The predicted octanol–water partition coefficient (Wildman–Crippen LogP) is 3.93. The van der Waals surface area contributed by atoms with Gasteiger partial charge in [-0.3, -0.25) is 4.79 Å². The number of carbonyl (C=O) groups is 1. The van der Waals surface area contributed by atoms with E-state index in [0.717, 1.165) is 27.8 Å². The molecule has 1 heterocycles. The summed E-state index contributed by atoms with van der Waals surface area (Å²) in [5, 5.41) is 7.87. The molecular weight excluding hydrogens is 276 g/mol. The summed E-state index contributed by atoms with van der Waals surface area (Å²) in [6.07, 6.45) is 0.198. The quantitative estimate of drug-likeness (QED) is 0.796. The number of fused-ring (bicyclic) bond motifs is 1. The van der Waals surface area contributed by atoms with E-state index in [4.69, 9.17) is 4.52 Å². The summed E-state index contributed by atoms with van der Waals surface area (Å²) in [6, 6.07) is 11.8. The summed E-state index contributed by atoms with van der Waals surface area (Å²) >= 11 is 0. The van der Waals surface area contributed by atoms with Gasteiger partial charge in [-0.25, -0.2) is 0 Å². The van der Waals surface area contributed by atoms with Crippen LogP contribution >= 0.6 is 0 Å². The lowest BCUT2D eigenvalue weighted by Gasteiger charge is -2.08. The van der Waals surface area contributed by atoms with Crippen LogP contribution in [0.3, 0.4) is 0 Å². The molecule has 1 amide bonds. The van der Waals surface area contributed by atoms with E-state index in [2.05, 4.69) is 10.5 Å². The number of nitrogens with one attached hydrogen (secondary N) is 1. The summed E-state index contributed by atoms with van der Waals surface area (Å²) in [5.74, 6) is -0.0938. The highest BCUT2D eigenvalue weighted by molar-refractivity contribution is 5.95. The van der Waals surface area contributed by atoms with Crippen LogP contribution in [0.15, 0.2) is 40.9 Å². The van der Waals surface area contributed by atoms with E-state index in [1.54, 1.807) is 0 Å². The van der Waals surface area contributed by atoms with Crippen LogP contribution in [0.25, 0.3) is 11.0 Å². The molecule has 3 rings (SSSR count). The van der Waals surface area contributed by atoms with Crippen molar-refractivity contribution in [2.45, 2.75) is 27.2 Å². The molecule has 4 nitrogen and oxygen atoms in total. The van der Waals surface area contributed by atoms with Gasteiger partial charge in [-0.2, -0.15) is 0 Å². The number of anilines is 1. The lowest BCUT2D eigenvalue weighted by atomic mass is 10.1. The Bertz CT molecular complexity index is 849. The number of carbonyl (C=O) groups excluding carboxylic acids is 1. The molecule has 0 saturated carbocycles. The molecule has 0 unspecified atom stereocenters. The molecule has 0 radical (unpaired) electrons. The summed E-state index contributed by atoms with van der Waals surface area (Å²) in [4.78, 5) is 12.3. The van der Waals surface area contributed by atoms with E-state index >= 15 is 0 Å². The van der Waals surface area contributed by atoms with Gasteiger partial charge >= 0.3 is 0 Å². The Morgan fingerprint density at radius 1 is 1.14 bits per heavy atom. The second kappa shape index (κ2) is 5.64. The van der Waals surface area contributed by atoms with Gasteiger partial charge in [0.2, 0.25) is 5.91 Å². The average molecular weight is 294 g/mol. The van der Waals surface area contributed by atoms with Gasteiger partial charge in [0.05, 0.1) is 6.42 Å². The number of hydrogen-bond donors (Lipinski definition) is 1. The molecule has 0 fully saturated rings. The standard InChI is InChI=1S/C18H18N2O2/c1-11-7-8-15(13(3)9-11)19-17(21)10-16-14-6-4-5-12(2)18(14)22-20-16/h4-9H,10H2,1-3H3,(H,19,21). The van der Waals surface area contributed by atoms with Crippen molar-refractivity contribution in [1.82, 2.24) is 5.16 Å². The summed E-state index contributed by atoms with van der Waals surface area (Å²) in [5.41, 5.74) is 5.49. The number of hydrogen-bond acceptors (Lipinski definition) is 3. The predicted molar refractivity (Wildman–Crippen MR) is 87.0 cm³/mol. The zero-order chi connectivity index (χ0) is 15.7. The van der Waals surface area contributed by atoms with Crippen molar-refractivity contribution in [2.75, 3.05) is 5.32 Å². The van der Waals surface area contributed by atoms with Crippen molar-refractivity contribution in [2.24, 2.45) is 0 Å². The minimum absolute atomic E-state index is 0.0938. The molecule has 2 aromatic carbocycles. The molecule has 112 valence electrons. The zero-order valence-electron chi connectivity index (χ0n) is 12.9. The summed E-state index contributed by atoms with van der Waals surface area (Å²) < 4.78 is 5.34. The third kappa shape index (κ3) is 2.72. The fourth-order valence-corrected chi connectivity index (χ4v) is 2.58. The number of rotatable bonds is 3. The van der Waals surface area contributed by atoms with E-state index in [1.807, 2.05) is 57.2 Å². The molecule has 22 heavy (non-hydrogen) atoms. The van der Waals surface area contributed by atoms with E-state index in [1.165, 1.54) is 5.56 Å². The van der Waals surface area contributed by atoms with Crippen LogP contribution < -0.4 is 5.32 Å². The van der Waals surface area contributed by atoms with E-state index < -0.39 is 0 Å². The van der Waals surface area contributed by atoms with Crippen molar-refractivity contribution < 1.29 is 9.32 Å². The van der Waals surface area contributed by atoms with Gasteiger partial charge in [0, 0.05) is 11.1 Å². The molecule has 4 heteroatoms. The Morgan fingerprint density at radius 2 is 1.95 bits per heavy atom. The van der Waals surface area contributed by atoms with Crippen molar-refractivity contribution in [3.8, 4) is 0 Å². The van der Waals surface area contributed by atoms with Crippen LogP contribution in [-0.4, -0.2) is 11.1 Å². The highest BCUT2D eigenvalue weighted by atomic mass is 16.5. The van der Waals surface area contributed by atoms with Gasteiger partial charge < -0.3 is 9.84 Å². The molecule has 0 spiro atoms. The Morgan fingerprint density at radius 3 is 2.73 bits per heavy atom. The van der Waals surface area contributed by atoms with Gasteiger partial charge in [0.25, 0.3) is 0 Å². The van der Waals surface area contributed by atoms with Gasteiger partial charge in [-0.1, -0.05) is 35.0 Å². The summed E-state index contributed by atoms with van der Waals surface area (Å²) in [7, 11) is 0. The Balaban J connectivity index is 1.80. The van der Waals surface area contributed by atoms with Crippen LogP contribution in [0.2, 0.25) is 0 Å². The fraction of sp³-hybridized carbons (Fsp3) is 0.222. The molecule has 0 aliphatic carbocycles. The number of nitrogens with zero attached hydrogens (tertiary/aromatic N) is 1. The monoisotopic (exact) mass is 294 g/mol. The van der Waals surface area contributed by atoms with Crippen LogP contribution in [0.1, 0.15) is 22.4 Å². The third-order valence-corrected chi connectivity index (χ3v) is 3.75. The first-order valence-corrected chi connectivity index (χ1v) is 7.25. The second-order valence-corrected chi connectivity index (χ2v) is 5.62. The molecule has 0 aliphatic rings. The average Bonchev–Trinajstić information content (AvgIpc) is 2.87. The maximum atomic E-state index is 12.3. The van der Waals surface area contributed by atoms with Gasteiger partial charge in [0.15, 0.2) is 5.58 Å². The third-order valence-electron chi connectivity index (χ3n) is 3.75. The van der Waals surface area contributed by atoms with Crippen LogP contribution in [0.5, 0.6) is 0 Å². The molecule has 1 aromatic heterocycles. The first kappa shape index (κ1) is 14.3. The number of amides is 1. The van der Waals surface area contributed by atoms with Crippen LogP contribution in [0, 0.1) is 20.8 Å². The van der Waals surface area contributed by atoms with Gasteiger partial charge in [-0.15, -0.1) is 0 Å². The minimum atomic E-state index is -0.0938. The van der Waals surface area contributed by atoms with Crippen molar-refractivity contribution in [1.29, 1.82) is 0 Å². The van der Waals surface area contributed by atoms with Crippen molar-refractivity contribution >= 4 is 22.6 Å². The van der Waals surface area contributed by atoms with Crippen molar-refractivity contribution in [3.63, 3.8) is 0 Å². The number of aromatic nitrogens is 1. The molecule has 1 N–H and O–H groups in total. The largest absolute Gasteiger partial charge is 0.356 e. The molecule has 0 bridgehead atoms. The molecular formula is C18H18N2O2. The Kier molecular flexibility index (Phi) is 3.67. The smallest absolute Gasteiger partial charge is 0.230 e. The number of benzene rings is 2. The summed E-state index contributed by atoms with van der Waals surface area (Å²) in [6.45, 7) is 5.98. The first-order valence-electron chi connectivity index (χ1n) is 7.25. The van der Waals surface area contributed by atoms with Crippen LogP contribution in [0.4, 0.5) is 5.69 Å².